The molecule has 4 heterocycles. The van der Waals surface area contributed by atoms with Crippen LogP contribution in [0, 0.1) is 5.82 Å². The lowest BCUT2D eigenvalue weighted by atomic mass is 10.0. The number of benzene rings is 1. The van der Waals surface area contributed by atoms with Crippen molar-refractivity contribution in [3.63, 3.8) is 0 Å². The molecule has 0 spiro atoms. The van der Waals surface area contributed by atoms with E-state index in [-0.39, 0.29) is 22.9 Å². The zero-order valence-corrected chi connectivity index (χ0v) is 22.2. The van der Waals surface area contributed by atoms with Crippen LogP contribution in [-0.4, -0.2) is 84.8 Å². The highest BCUT2D eigenvalue weighted by molar-refractivity contribution is 6.07. The van der Waals surface area contributed by atoms with E-state index in [1.165, 1.54) is 24.5 Å². The number of alkyl halides is 2. The van der Waals surface area contributed by atoms with Crippen molar-refractivity contribution in [3.8, 4) is 11.1 Å². The summed E-state index contributed by atoms with van der Waals surface area (Å²) in [4.78, 5) is 42.0. The Labute approximate surface area is 228 Å². The molecule has 212 valence electrons. The molecule has 0 radical (unpaired) electrons. The number of hydrogen-bond acceptors (Lipinski definition) is 8. The predicted molar refractivity (Wildman–Crippen MR) is 145 cm³/mol. The number of rotatable bonds is 6. The normalized spacial score (nSPS) is 18.3. The van der Waals surface area contributed by atoms with Gasteiger partial charge in [0, 0.05) is 80.1 Å². The Hall–Kier alpha value is -3.97. The Balaban J connectivity index is 1.52. The summed E-state index contributed by atoms with van der Waals surface area (Å²) in [6.45, 7) is 6.31. The zero-order chi connectivity index (χ0) is 28.4. The maximum Gasteiger partial charge on any atom is 0.264 e. The first-order valence-electron chi connectivity index (χ1n) is 13.0. The maximum atomic E-state index is 15.6. The Morgan fingerprint density at radius 1 is 1.10 bits per heavy atom. The average molecular weight is 558 g/mol. The van der Waals surface area contributed by atoms with Crippen LogP contribution < -0.4 is 20.7 Å². The van der Waals surface area contributed by atoms with Crippen LogP contribution in [0.4, 0.5) is 30.5 Å². The number of ether oxygens (including phenoxy) is 1. The minimum absolute atomic E-state index is 0.144. The highest BCUT2D eigenvalue weighted by Gasteiger charge is 2.26. The van der Waals surface area contributed by atoms with Crippen molar-refractivity contribution in [1.29, 1.82) is 0 Å². The second-order valence-electron chi connectivity index (χ2n) is 9.92. The number of likely N-dealkylation sites (N-methyl/N-ethyl adjacent to an activating group) is 1. The number of anilines is 3. The lowest BCUT2D eigenvalue weighted by molar-refractivity contribution is 0.101. The van der Waals surface area contributed by atoms with E-state index in [1.807, 2.05) is 23.8 Å². The molecule has 0 saturated carbocycles. The number of halogens is 3. The van der Waals surface area contributed by atoms with E-state index in [0.29, 0.717) is 69.2 Å². The van der Waals surface area contributed by atoms with Crippen molar-refractivity contribution in [1.82, 2.24) is 19.9 Å². The molecule has 1 aromatic carbocycles. The van der Waals surface area contributed by atoms with Crippen molar-refractivity contribution < 1.29 is 22.7 Å². The number of piperazine rings is 1. The summed E-state index contributed by atoms with van der Waals surface area (Å²) in [7, 11) is 2.00. The summed E-state index contributed by atoms with van der Waals surface area (Å²) in [6, 6.07) is 3.66. The summed E-state index contributed by atoms with van der Waals surface area (Å²) in [6.07, 6.45) is 0.943. The smallest absolute Gasteiger partial charge is 0.264 e. The van der Waals surface area contributed by atoms with Crippen molar-refractivity contribution in [3.05, 3.63) is 64.1 Å². The number of hydrogen-bond donors (Lipinski definition) is 2. The molecule has 0 bridgehead atoms. The maximum absolute atomic E-state index is 15.6. The predicted octanol–water partition coefficient (Wildman–Crippen LogP) is 3.14. The van der Waals surface area contributed by atoms with E-state index in [4.69, 9.17) is 4.74 Å². The van der Waals surface area contributed by atoms with Gasteiger partial charge in [0.15, 0.2) is 0 Å². The van der Waals surface area contributed by atoms with Crippen LogP contribution in [0.15, 0.2) is 41.6 Å². The van der Waals surface area contributed by atoms with Crippen LogP contribution in [-0.2, 0) is 4.74 Å². The number of H-pyrrole nitrogens is 1. The Morgan fingerprint density at radius 3 is 2.50 bits per heavy atom. The van der Waals surface area contributed by atoms with E-state index in [0.717, 1.165) is 6.20 Å². The number of nitrogens with zero attached hydrogens (tertiary/aromatic N) is 5. The number of carbonyl (C=O) groups excluding carboxylic acids is 1. The fourth-order valence-electron chi connectivity index (χ4n) is 4.85. The van der Waals surface area contributed by atoms with Crippen LogP contribution in [0.2, 0.25) is 0 Å². The Bertz CT molecular complexity index is 1430. The standard InChI is InChI=1S/C27H30F3N7O3/c1-16-15-37(4-3-35(16)2)23-11-21(28)18(17-12-32-27(33-13-17)36-5-7-40-8-6-36)9-22(23)34-26(39)20-14-31-24(38)10-19(20)25(29)30/h9-14,16,25H,3-8,15H2,1-2H3,(H,31,38)(H,34,39). The molecule has 13 heteroatoms. The third-order valence-electron chi connectivity index (χ3n) is 7.31. The van der Waals surface area contributed by atoms with Crippen molar-refractivity contribution in [2.45, 2.75) is 19.4 Å². The summed E-state index contributed by atoms with van der Waals surface area (Å²) in [5.74, 6) is -0.896. The number of aromatic nitrogens is 3. The topological polar surface area (TPSA) is 107 Å². The van der Waals surface area contributed by atoms with Gasteiger partial charge in [-0.05, 0) is 26.1 Å². The van der Waals surface area contributed by atoms with E-state index in [1.54, 1.807) is 0 Å². The molecular formula is C27H30F3N7O3. The molecule has 10 nitrogen and oxygen atoms in total. The summed E-state index contributed by atoms with van der Waals surface area (Å²) in [5, 5.41) is 2.69. The third-order valence-corrected chi connectivity index (χ3v) is 7.31. The first-order valence-corrected chi connectivity index (χ1v) is 13.0. The quantitative estimate of drug-likeness (QED) is 0.476. The van der Waals surface area contributed by atoms with Crippen molar-refractivity contribution in [2.75, 3.05) is 68.1 Å². The van der Waals surface area contributed by atoms with Crippen LogP contribution in [0.5, 0.6) is 0 Å². The highest BCUT2D eigenvalue weighted by Crippen LogP contribution is 2.36. The molecule has 2 saturated heterocycles. The van der Waals surface area contributed by atoms with Gasteiger partial charge in [-0.1, -0.05) is 0 Å². The van der Waals surface area contributed by atoms with Gasteiger partial charge in [-0.2, -0.15) is 0 Å². The van der Waals surface area contributed by atoms with Gasteiger partial charge in [0.05, 0.1) is 30.2 Å². The third kappa shape index (κ3) is 5.80. The molecule has 3 aromatic rings. The van der Waals surface area contributed by atoms with E-state index in [2.05, 4.69) is 25.2 Å². The monoisotopic (exact) mass is 557 g/mol. The van der Waals surface area contributed by atoms with E-state index < -0.39 is 29.3 Å². The van der Waals surface area contributed by atoms with Gasteiger partial charge in [0.25, 0.3) is 12.3 Å². The first kappa shape index (κ1) is 27.6. The lowest BCUT2D eigenvalue weighted by Gasteiger charge is -2.39. The van der Waals surface area contributed by atoms with Gasteiger partial charge in [-0.15, -0.1) is 0 Å². The van der Waals surface area contributed by atoms with Gasteiger partial charge in [0.1, 0.15) is 5.82 Å². The molecule has 0 aliphatic carbocycles. The number of aromatic amines is 1. The molecule has 2 aliphatic rings. The van der Waals surface area contributed by atoms with Gasteiger partial charge in [-0.3, -0.25) is 9.59 Å². The molecule has 2 aliphatic heterocycles. The molecule has 1 unspecified atom stereocenters. The van der Waals surface area contributed by atoms with Crippen LogP contribution in [0.1, 0.15) is 29.3 Å². The van der Waals surface area contributed by atoms with Crippen molar-refractivity contribution >= 4 is 23.2 Å². The zero-order valence-electron chi connectivity index (χ0n) is 22.2. The second-order valence-corrected chi connectivity index (χ2v) is 9.92. The molecule has 40 heavy (non-hydrogen) atoms. The van der Waals surface area contributed by atoms with Crippen LogP contribution in [0.25, 0.3) is 11.1 Å². The van der Waals surface area contributed by atoms with Crippen molar-refractivity contribution in [2.24, 2.45) is 0 Å². The molecule has 1 amide bonds. The van der Waals surface area contributed by atoms with Gasteiger partial charge >= 0.3 is 0 Å². The fourth-order valence-corrected chi connectivity index (χ4v) is 4.85. The van der Waals surface area contributed by atoms with Crippen LogP contribution in [0.3, 0.4) is 0 Å². The largest absolute Gasteiger partial charge is 0.378 e. The Kier molecular flexibility index (Phi) is 8.03. The number of amides is 1. The molecule has 1 atom stereocenters. The first-order chi connectivity index (χ1) is 19.2. The molecule has 2 fully saturated rings. The molecule has 2 aromatic heterocycles. The SMILES string of the molecule is CC1CN(c2cc(F)c(-c3cnc(N4CCOCC4)nc3)cc2NC(=O)c2c[nH]c(=O)cc2C(F)F)CCN1C. The second kappa shape index (κ2) is 11.6. The molecule has 2 N–H and O–H groups in total. The van der Waals surface area contributed by atoms with Gasteiger partial charge in [0.2, 0.25) is 11.5 Å². The van der Waals surface area contributed by atoms with E-state index >= 15 is 4.39 Å². The number of pyridine rings is 1. The minimum Gasteiger partial charge on any atom is -0.378 e. The Morgan fingerprint density at radius 2 is 1.82 bits per heavy atom. The fraction of sp³-hybridized carbons (Fsp3) is 0.407. The summed E-state index contributed by atoms with van der Waals surface area (Å²) >= 11 is 0. The number of carbonyl (C=O) groups is 1. The summed E-state index contributed by atoms with van der Waals surface area (Å²) < 4.78 is 48.2. The molecular weight excluding hydrogens is 527 g/mol. The summed E-state index contributed by atoms with van der Waals surface area (Å²) in [5.41, 5.74) is -0.624. The van der Waals surface area contributed by atoms with Gasteiger partial charge < -0.3 is 29.7 Å². The van der Waals surface area contributed by atoms with Crippen LogP contribution >= 0.6 is 0 Å². The molecule has 5 rings (SSSR count). The average Bonchev–Trinajstić information content (AvgIpc) is 2.95. The minimum atomic E-state index is -3.04. The van der Waals surface area contributed by atoms with E-state index in [9.17, 15) is 18.4 Å². The lowest BCUT2D eigenvalue weighted by Crippen LogP contribution is -2.50. The number of morpholine rings is 1. The highest BCUT2D eigenvalue weighted by atomic mass is 19.3. The van der Waals surface area contributed by atoms with Gasteiger partial charge in [-0.25, -0.2) is 23.1 Å². The number of nitrogens with one attached hydrogen (secondary N) is 2.